The summed E-state index contributed by atoms with van der Waals surface area (Å²) in [4.78, 5) is 4.79. The molecule has 2 heterocycles. The predicted molar refractivity (Wildman–Crippen MR) is 74.3 cm³/mol. The van der Waals surface area contributed by atoms with Crippen LogP contribution in [0.2, 0.25) is 0 Å². The van der Waals surface area contributed by atoms with Gasteiger partial charge < -0.3 is 19.4 Å². The number of rotatable bonds is 7. The molecule has 0 amide bonds. The van der Waals surface area contributed by atoms with Crippen molar-refractivity contribution in [2.45, 2.75) is 45.4 Å². The van der Waals surface area contributed by atoms with E-state index in [2.05, 4.69) is 16.8 Å². The van der Waals surface area contributed by atoms with Gasteiger partial charge in [0.2, 0.25) is 0 Å². The number of fused-ring (bicyclic) bond motifs is 1. The van der Waals surface area contributed by atoms with Gasteiger partial charge in [-0.1, -0.05) is 6.92 Å². The lowest BCUT2D eigenvalue weighted by molar-refractivity contribution is 0.0174. The van der Waals surface area contributed by atoms with Gasteiger partial charge in [0.05, 0.1) is 24.9 Å². The first-order chi connectivity index (χ1) is 9.30. The molecule has 1 N–H and O–H groups in total. The van der Waals surface area contributed by atoms with Crippen LogP contribution >= 0.6 is 0 Å². The minimum atomic E-state index is 0.0915. The lowest BCUT2D eigenvalue weighted by atomic mass is 10.2. The molecule has 0 bridgehead atoms. The van der Waals surface area contributed by atoms with Crippen molar-refractivity contribution < 1.29 is 9.47 Å². The van der Waals surface area contributed by atoms with E-state index in [-0.39, 0.29) is 6.10 Å². The summed E-state index contributed by atoms with van der Waals surface area (Å²) < 4.78 is 13.1. The first kappa shape index (κ1) is 14.5. The number of nitrogens with zero attached hydrogens (tertiary/aromatic N) is 2. The molecule has 1 aliphatic heterocycles. The highest BCUT2D eigenvalue weighted by molar-refractivity contribution is 5.20. The summed E-state index contributed by atoms with van der Waals surface area (Å²) in [6.45, 7) is 5.57. The summed E-state index contributed by atoms with van der Waals surface area (Å²) in [5.41, 5.74) is 2.59. The molecule has 1 atom stereocenters. The molecule has 0 aromatic carbocycles. The van der Waals surface area contributed by atoms with Crippen LogP contribution in [0.4, 0.5) is 0 Å². The molecule has 0 fully saturated rings. The molecular weight excluding hydrogens is 242 g/mol. The molecule has 0 spiro atoms. The van der Waals surface area contributed by atoms with Crippen molar-refractivity contribution in [3.8, 4) is 0 Å². The maximum absolute atomic E-state index is 5.50. The molecule has 1 aliphatic rings. The second-order valence-electron chi connectivity index (χ2n) is 5.02. The predicted octanol–water partition coefficient (Wildman–Crippen LogP) is 1.14. The maximum atomic E-state index is 5.50. The molecule has 0 saturated carbocycles. The zero-order valence-electron chi connectivity index (χ0n) is 12.2. The molecular formula is C14H25N3O2. The van der Waals surface area contributed by atoms with Crippen molar-refractivity contribution >= 4 is 0 Å². The average Bonchev–Trinajstić information content (AvgIpc) is 2.77. The minimum Gasteiger partial charge on any atom is -0.382 e. The number of nitrogens with one attached hydrogen (secondary N) is 1. The Morgan fingerprint density at radius 3 is 2.95 bits per heavy atom. The van der Waals surface area contributed by atoms with Crippen LogP contribution in [0.3, 0.4) is 0 Å². The Labute approximate surface area is 115 Å². The van der Waals surface area contributed by atoms with Crippen LogP contribution in [-0.2, 0) is 35.4 Å². The van der Waals surface area contributed by atoms with Crippen molar-refractivity contribution in [1.29, 1.82) is 0 Å². The maximum Gasteiger partial charge on any atom is 0.109 e. The SMILES string of the molecule is CCCc1nc2c(n1CC(COC)OC)CCNC2. The number of ether oxygens (including phenoxy) is 2. The molecule has 0 saturated heterocycles. The monoisotopic (exact) mass is 267 g/mol. The van der Waals surface area contributed by atoms with E-state index in [9.17, 15) is 0 Å². The lowest BCUT2D eigenvalue weighted by Gasteiger charge is -2.20. The van der Waals surface area contributed by atoms with E-state index in [4.69, 9.17) is 14.5 Å². The van der Waals surface area contributed by atoms with E-state index in [0.29, 0.717) is 6.61 Å². The minimum absolute atomic E-state index is 0.0915. The van der Waals surface area contributed by atoms with Crippen LogP contribution in [0.5, 0.6) is 0 Å². The van der Waals surface area contributed by atoms with Gasteiger partial charge >= 0.3 is 0 Å². The Kier molecular flexibility index (Phi) is 5.36. The van der Waals surface area contributed by atoms with Crippen molar-refractivity contribution in [2.75, 3.05) is 27.4 Å². The number of hydrogen-bond acceptors (Lipinski definition) is 4. The third kappa shape index (κ3) is 3.35. The fourth-order valence-electron chi connectivity index (χ4n) is 2.64. The van der Waals surface area contributed by atoms with Gasteiger partial charge in [-0.3, -0.25) is 0 Å². The standard InChI is InChI=1S/C14H25N3O2/c1-4-5-14-16-12-8-15-7-6-13(12)17(14)9-11(19-3)10-18-2/h11,15H,4-10H2,1-3H3. The van der Waals surface area contributed by atoms with Crippen molar-refractivity contribution in [2.24, 2.45) is 0 Å². The van der Waals surface area contributed by atoms with Gasteiger partial charge in [-0.05, 0) is 6.42 Å². The Bertz CT molecular complexity index is 404. The molecule has 108 valence electrons. The van der Waals surface area contributed by atoms with Gasteiger partial charge in [0.25, 0.3) is 0 Å². The summed E-state index contributed by atoms with van der Waals surface area (Å²) >= 11 is 0. The summed E-state index contributed by atoms with van der Waals surface area (Å²) in [6, 6.07) is 0. The van der Waals surface area contributed by atoms with Crippen LogP contribution < -0.4 is 5.32 Å². The second-order valence-corrected chi connectivity index (χ2v) is 5.02. The number of aryl methyl sites for hydroxylation is 1. The van der Waals surface area contributed by atoms with Gasteiger partial charge in [0.1, 0.15) is 5.82 Å². The van der Waals surface area contributed by atoms with Crippen LogP contribution in [0.25, 0.3) is 0 Å². The van der Waals surface area contributed by atoms with E-state index < -0.39 is 0 Å². The highest BCUT2D eigenvalue weighted by atomic mass is 16.5. The lowest BCUT2D eigenvalue weighted by Crippen LogP contribution is -2.29. The third-order valence-electron chi connectivity index (χ3n) is 3.61. The smallest absolute Gasteiger partial charge is 0.109 e. The van der Waals surface area contributed by atoms with Gasteiger partial charge in [-0.25, -0.2) is 4.98 Å². The molecule has 5 nitrogen and oxygen atoms in total. The summed E-state index contributed by atoms with van der Waals surface area (Å²) in [7, 11) is 3.46. The molecule has 19 heavy (non-hydrogen) atoms. The van der Waals surface area contributed by atoms with Crippen LogP contribution in [0.1, 0.15) is 30.6 Å². The van der Waals surface area contributed by atoms with Gasteiger partial charge in [-0.15, -0.1) is 0 Å². The molecule has 2 rings (SSSR count). The fraction of sp³-hybridized carbons (Fsp3) is 0.786. The molecule has 1 aromatic heterocycles. The molecule has 1 aromatic rings. The highest BCUT2D eigenvalue weighted by Crippen LogP contribution is 2.18. The fourth-order valence-corrected chi connectivity index (χ4v) is 2.64. The van der Waals surface area contributed by atoms with Crippen molar-refractivity contribution in [3.63, 3.8) is 0 Å². The summed E-state index contributed by atoms with van der Waals surface area (Å²) in [5.74, 6) is 1.19. The van der Waals surface area contributed by atoms with E-state index in [0.717, 1.165) is 38.9 Å². The first-order valence-corrected chi connectivity index (χ1v) is 7.09. The molecule has 0 aliphatic carbocycles. The Morgan fingerprint density at radius 2 is 2.26 bits per heavy atom. The first-order valence-electron chi connectivity index (χ1n) is 7.09. The normalized spacial score (nSPS) is 16.4. The van der Waals surface area contributed by atoms with Crippen LogP contribution in [0, 0.1) is 0 Å². The number of methoxy groups -OCH3 is 2. The summed E-state index contributed by atoms with van der Waals surface area (Å²) in [5, 5.41) is 3.38. The molecule has 0 radical (unpaired) electrons. The molecule has 1 unspecified atom stereocenters. The Balaban J connectivity index is 2.22. The quantitative estimate of drug-likeness (QED) is 0.805. The largest absolute Gasteiger partial charge is 0.382 e. The zero-order valence-corrected chi connectivity index (χ0v) is 12.2. The number of aromatic nitrogens is 2. The topological polar surface area (TPSA) is 48.3 Å². The van der Waals surface area contributed by atoms with E-state index in [1.54, 1.807) is 14.2 Å². The second kappa shape index (κ2) is 7.03. The average molecular weight is 267 g/mol. The van der Waals surface area contributed by atoms with Crippen LogP contribution in [0.15, 0.2) is 0 Å². The van der Waals surface area contributed by atoms with Crippen LogP contribution in [-0.4, -0.2) is 43.0 Å². The third-order valence-corrected chi connectivity index (χ3v) is 3.61. The van der Waals surface area contributed by atoms with Gasteiger partial charge in [0.15, 0.2) is 0 Å². The Morgan fingerprint density at radius 1 is 1.42 bits per heavy atom. The van der Waals surface area contributed by atoms with E-state index in [1.807, 2.05) is 0 Å². The zero-order chi connectivity index (χ0) is 13.7. The van der Waals surface area contributed by atoms with Gasteiger partial charge in [0, 0.05) is 45.8 Å². The number of imidazole rings is 1. The molecule has 5 heteroatoms. The van der Waals surface area contributed by atoms with E-state index >= 15 is 0 Å². The highest BCUT2D eigenvalue weighted by Gasteiger charge is 2.21. The van der Waals surface area contributed by atoms with Gasteiger partial charge in [-0.2, -0.15) is 0 Å². The Hall–Kier alpha value is -0.910. The van der Waals surface area contributed by atoms with Crippen molar-refractivity contribution in [1.82, 2.24) is 14.9 Å². The van der Waals surface area contributed by atoms with Crippen molar-refractivity contribution in [3.05, 3.63) is 17.2 Å². The number of hydrogen-bond donors (Lipinski definition) is 1. The summed E-state index contributed by atoms with van der Waals surface area (Å²) in [6.07, 6.45) is 3.28. The van der Waals surface area contributed by atoms with E-state index in [1.165, 1.54) is 17.2 Å².